The Morgan fingerprint density at radius 1 is 1.47 bits per heavy atom. The van der Waals surface area contributed by atoms with Crippen molar-refractivity contribution in [1.29, 1.82) is 5.26 Å². The van der Waals surface area contributed by atoms with E-state index in [2.05, 4.69) is 28.3 Å². The fraction of sp³-hybridized carbons (Fsp3) is 0.357. The summed E-state index contributed by atoms with van der Waals surface area (Å²) in [7, 11) is 0. The van der Waals surface area contributed by atoms with Crippen LogP contribution in [0.5, 0.6) is 0 Å². The first kappa shape index (κ1) is 13.5. The summed E-state index contributed by atoms with van der Waals surface area (Å²) in [4.78, 5) is 8.71. The molecule has 5 heteroatoms. The van der Waals surface area contributed by atoms with Crippen LogP contribution in [0.15, 0.2) is 17.6 Å². The zero-order valence-corrected chi connectivity index (χ0v) is 12.1. The molecule has 2 rings (SSSR count). The Balaban J connectivity index is 2.14. The molecule has 0 bridgehead atoms. The van der Waals surface area contributed by atoms with E-state index in [1.54, 1.807) is 11.3 Å². The van der Waals surface area contributed by atoms with Gasteiger partial charge in [-0.05, 0) is 25.5 Å². The minimum absolute atomic E-state index is 0.300. The van der Waals surface area contributed by atoms with Crippen LogP contribution in [0.3, 0.4) is 0 Å². The van der Waals surface area contributed by atoms with Crippen molar-refractivity contribution in [3.63, 3.8) is 0 Å². The molecule has 0 aromatic carbocycles. The number of aryl methyl sites for hydroxylation is 2. The third-order valence-corrected chi connectivity index (χ3v) is 3.91. The molecular weight excluding hydrogens is 256 g/mol. The molecule has 0 radical (unpaired) electrons. The quantitative estimate of drug-likeness (QED) is 0.928. The molecule has 0 spiro atoms. The zero-order valence-electron chi connectivity index (χ0n) is 11.3. The van der Waals surface area contributed by atoms with E-state index in [1.807, 2.05) is 31.5 Å². The predicted octanol–water partition coefficient (Wildman–Crippen LogP) is 3.24. The van der Waals surface area contributed by atoms with Crippen molar-refractivity contribution in [1.82, 2.24) is 9.97 Å². The standard InChI is InChI=1S/C14H16N4S/c1-9-6-11(3)18-13(12(9)7-15)17-8-10(2)14-16-4-5-19-14/h4-6,10H,8H2,1-3H3,(H,17,18)/t10-/m1/s1. The molecule has 0 saturated heterocycles. The van der Waals surface area contributed by atoms with Crippen LogP contribution in [-0.2, 0) is 0 Å². The number of hydrogen-bond donors (Lipinski definition) is 1. The van der Waals surface area contributed by atoms with Crippen LogP contribution in [0.4, 0.5) is 5.82 Å². The number of pyridine rings is 1. The fourth-order valence-corrected chi connectivity index (χ4v) is 2.62. The second-order valence-electron chi connectivity index (χ2n) is 4.57. The van der Waals surface area contributed by atoms with Gasteiger partial charge < -0.3 is 5.32 Å². The van der Waals surface area contributed by atoms with Crippen LogP contribution < -0.4 is 5.32 Å². The number of nitriles is 1. The summed E-state index contributed by atoms with van der Waals surface area (Å²) in [6, 6.07) is 4.14. The zero-order chi connectivity index (χ0) is 13.8. The molecule has 1 atom stereocenters. The molecular formula is C14H16N4S. The Hall–Kier alpha value is -1.93. The molecule has 0 unspecified atom stereocenters. The summed E-state index contributed by atoms with van der Waals surface area (Å²) in [6.07, 6.45) is 1.81. The number of aromatic nitrogens is 2. The van der Waals surface area contributed by atoms with Crippen LogP contribution >= 0.6 is 11.3 Å². The average molecular weight is 272 g/mol. The third-order valence-electron chi connectivity index (χ3n) is 2.91. The Kier molecular flexibility index (Phi) is 4.13. The normalized spacial score (nSPS) is 11.9. The molecule has 4 nitrogen and oxygen atoms in total. The average Bonchev–Trinajstić information content (AvgIpc) is 2.89. The summed E-state index contributed by atoms with van der Waals surface area (Å²) in [5.74, 6) is 0.970. The topological polar surface area (TPSA) is 61.6 Å². The lowest BCUT2D eigenvalue weighted by Crippen LogP contribution is -2.12. The second-order valence-corrected chi connectivity index (χ2v) is 5.49. The predicted molar refractivity (Wildman–Crippen MR) is 77.4 cm³/mol. The number of thiazole rings is 1. The highest BCUT2D eigenvalue weighted by molar-refractivity contribution is 7.09. The van der Waals surface area contributed by atoms with Gasteiger partial charge in [-0.1, -0.05) is 6.92 Å². The first-order chi connectivity index (χ1) is 9.11. The number of anilines is 1. The van der Waals surface area contributed by atoms with Crippen LogP contribution in [0, 0.1) is 25.2 Å². The molecule has 19 heavy (non-hydrogen) atoms. The maximum absolute atomic E-state index is 9.20. The van der Waals surface area contributed by atoms with E-state index >= 15 is 0 Å². The Labute approximate surface area is 117 Å². The summed E-state index contributed by atoms with van der Waals surface area (Å²) >= 11 is 1.65. The second kappa shape index (κ2) is 5.81. The minimum Gasteiger partial charge on any atom is -0.368 e. The highest BCUT2D eigenvalue weighted by Gasteiger charge is 2.12. The van der Waals surface area contributed by atoms with E-state index in [0.717, 1.165) is 22.8 Å². The third kappa shape index (κ3) is 3.09. The van der Waals surface area contributed by atoms with Crippen LogP contribution in [0.2, 0.25) is 0 Å². The highest BCUT2D eigenvalue weighted by Crippen LogP contribution is 2.21. The van der Waals surface area contributed by atoms with E-state index in [4.69, 9.17) is 0 Å². The molecule has 2 aromatic rings. The molecule has 0 saturated carbocycles. The van der Waals surface area contributed by atoms with Gasteiger partial charge in [0.25, 0.3) is 0 Å². The summed E-state index contributed by atoms with van der Waals surface area (Å²) in [6.45, 7) is 6.70. The van der Waals surface area contributed by atoms with E-state index in [0.29, 0.717) is 17.3 Å². The fourth-order valence-electron chi connectivity index (χ4n) is 1.92. The lowest BCUT2D eigenvalue weighted by atomic mass is 10.1. The van der Waals surface area contributed by atoms with Crippen molar-refractivity contribution < 1.29 is 0 Å². The van der Waals surface area contributed by atoms with Crippen LogP contribution in [0.25, 0.3) is 0 Å². The van der Waals surface area contributed by atoms with E-state index < -0.39 is 0 Å². The van der Waals surface area contributed by atoms with Crippen molar-refractivity contribution in [2.24, 2.45) is 0 Å². The smallest absolute Gasteiger partial charge is 0.144 e. The van der Waals surface area contributed by atoms with Gasteiger partial charge in [0, 0.05) is 29.7 Å². The molecule has 0 amide bonds. The maximum Gasteiger partial charge on any atom is 0.144 e. The lowest BCUT2D eigenvalue weighted by molar-refractivity contribution is 0.791. The first-order valence-electron chi connectivity index (χ1n) is 6.13. The van der Waals surface area contributed by atoms with Crippen molar-refractivity contribution in [2.45, 2.75) is 26.7 Å². The molecule has 2 heterocycles. The number of nitrogens with one attached hydrogen (secondary N) is 1. The largest absolute Gasteiger partial charge is 0.368 e. The summed E-state index contributed by atoms with van der Waals surface area (Å²) < 4.78 is 0. The van der Waals surface area contributed by atoms with Crippen molar-refractivity contribution >= 4 is 17.2 Å². The lowest BCUT2D eigenvalue weighted by Gasteiger charge is -2.13. The van der Waals surface area contributed by atoms with Gasteiger partial charge in [-0.2, -0.15) is 5.26 Å². The molecule has 0 aliphatic rings. The van der Waals surface area contributed by atoms with Gasteiger partial charge in [0.1, 0.15) is 11.9 Å². The van der Waals surface area contributed by atoms with Crippen molar-refractivity contribution in [3.05, 3.63) is 39.5 Å². The van der Waals surface area contributed by atoms with E-state index in [1.165, 1.54) is 0 Å². The van der Waals surface area contributed by atoms with Gasteiger partial charge in [-0.25, -0.2) is 9.97 Å². The highest BCUT2D eigenvalue weighted by atomic mass is 32.1. The minimum atomic E-state index is 0.300. The van der Waals surface area contributed by atoms with E-state index in [9.17, 15) is 5.26 Å². The van der Waals surface area contributed by atoms with Crippen LogP contribution in [-0.4, -0.2) is 16.5 Å². The van der Waals surface area contributed by atoms with Gasteiger partial charge in [0.2, 0.25) is 0 Å². The summed E-state index contributed by atoms with van der Waals surface area (Å²) in [5.41, 5.74) is 2.50. The molecule has 1 N–H and O–H groups in total. The molecule has 0 aliphatic heterocycles. The van der Waals surface area contributed by atoms with Gasteiger partial charge >= 0.3 is 0 Å². The van der Waals surface area contributed by atoms with Crippen molar-refractivity contribution in [2.75, 3.05) is 11.9 Å². The number of hydrogen-bond acceptors (Lipinski definition) is 5. The molecule has 98 valence electrons. The molecule has 2 aromatic heterocycles. The Bertz CT molecular complexity index is 599. The van der Waals surface area contributed by atoms with Gasteiger partial charge in [-0.15, -0.1) is 11.3 Å². The molecule has 0 aliphatic carbocycles. The maximum atomic E-state index is 9.20. The summed E-state index contributed by atoms with van der Waals surface area (Å²) in [5, 5.41) is 15.5. The Morgan fingerprint density at radius 2 is 2.26 bits per heavy atom. The SMILES string of the molecule is Cc1cc(C)c(C#N)c(NC[C@@H](C)c2nccs2)n1. The number of nitrogens with zero attached hydrogens (tertiary/aromatic N) is 3. The van der Waals surface area contributed by atoms with Gasteiger partial charge in [0.05, 0.1) is 10.6 Å². The van der Waals surface area contributed by atoms with Gasteiger partial charge in [0.15, 0.2) is 0 Å². The Morgan fingerprint density at radius 3 is 2.89 bits per heavy atom. The monoisotopic (exact) mass is 272 g/mol. The van der Waals surface area contributed by atoms with E-state index in [-0.39, 0.29) is 0 Å². The first-order valence-corrected chi connectivity index (χ1v) is 7.01. The number of rotatable bonds is 4. The van der Waals surface area contributed by atoms with Gasteiger partial charge in [-0.3, -0.25) is 0 Å². The van der Waals surface area contributed by atoms with Crippen molar-refractivity contribution in [3.8, 4) is 6.07 Å². The van der Waals surface area contributed by atoms with Crippen LogP contribution in [0.1, 0.15) is 34.7 Å². The molecule has 0 fully saturated rings.